The molecule has 0 aromatic carbocycles. The number of nitrogens with two attached hydrogens (primary N) is 1. The van der Waals surface area contributed by atoms with Crippen LogP contribution in [0, 0.1) is 5.92 Å². The highest BCUT2D eigenvalue weighted by Gasteiger charge is 2.24. The van der Waals surface area contributed by atoms with Crippen LogP contribution >= 0.6 is 0 Å². The molecule has 1 rings (SSSR count). The Morgan fingerprint density at radius 2 is 2.21 bits per heavy atom. The Morgan fingerprint density at radius 1 is 1.57 bits per heavy atom. The fourth-order valence-electron chi connectivity index (χ4n) is 1.60. The number of hydrogen-bond donors (Lipinski definition) is 1. The van der Waals surface area contributed by atoms with Gasteiger partial charge in [0.25, 0.3) is 0 Å². The molecule has 1 heterocycles. The summed E-state index contributed by atoms with van der Waals surface area (Å²) < 4.78 is 0. The van der Waals surface area contributed by atoms with Crippen molar-refractivity contribution in [1.29, 1.82) is 0 Å². The van der Waals surface area contributed by atoms with Gasteiger partial charge in [0.15, 0.2) is 0 Å². The maximum atomic E-state index is 11.9. The molecule has 1 aliphatic heterocycles. The number of carbonyl (C=O) groups excluding carboxylic acids is 1. The van der Waals surface area contributed by atoms with E-state index < -0.39 is 0 Å². The van der Waals surface area contributed by atoms with Crippen LogP contribution in [0.4, 0.5) is 0 Å². The van der Waals surface area contributed by atoms with Crippen molar-refractivity contribution >= 4 is 5.91 Å². The lowest BCUT2D eigenvalue weighted by Crippen LogP contribution is -2.48. The average Bonchev–Trinajstić information content (AvgIpc) is 2.15. The van der Waals surface area contributed by atoms with E-state index in [-0.39, 0.29) is 17.9 Å². The lowest BCUT2D eigenvalue weighted by atomic mass is 10.0. The first-order valence-corrected chi connectivity index (χ1v) is 5.22. The summed E-state index contributed by atoms with van der Waals surface area (Å²) in [6.07, 6.45) is 3.15. The van der Waals surface area contributed by atoms with Gasteiger partial charge in [-0.2, -0.15) is 0 Å². The third kappa shape index (κ3) is 2.58. The summed E-state index contributed by atoms with van der Waals surface area (Å²) in [5, 5.41) is 0. The van der Waals surface area contributed by atoms with E-state index in [1.165, 1.54) is 5.57 Å². The summed E-state index contributed by atoms with van der Waals surface area (Å²) in [5.74, 6) is 0.307. The van der Waals surface area contributed by atoms with Gasteiger partial charge >= 0.3 is 0 Å². The smallest absolute Gasteiger partial charge is 0.240 e. The van der Waals surface area contributed by atoms with E-state index >= 15 is 0 Å². The minimum atomic E-state index is -0.346. The van der Waals surface area contributed by atoms with E-state index in [0.717, 1.165) is 19.5 Å². The Bertz CT molecular complexity index is 246. The number of rotatable bonds is 2. The van der Waals surface area contributed by atoms with Crippen molar-refractivity contribution in [2.45, 2.75) is 33.2 Å². The van der Waals surface area contributed by atoms with E-state index in [4.69, 9.17) is 5.73 Å². The van der Waals surface area contributed by atoms with Crippen molar-refractivity contribution in [2.24, 2.45) is 11.7 Å². The third-order valence-electron chi connectivity index (χ3n) is 2.65. The summed E-state index contributed by atoms with van der Waals surface area (Å²) in [5.41, 5.74) is 7.09. The topological polar surface area (TPSA) is 46.3 Å². The van der Waals surface area contributed by atoms with Gasteiger partial charge in [-0.3, -0.25) is 4.79 Å². The summed E-state index contributed by atoms with van der Waals surface area (Å²) >= 11 is 0. The molecule has 3 heteroatoms. The lowest BCUT2D eigenvalue weighted by molar-refractivity contribution is -0.133. The van der Waals surface area contributed by atoms with Crippen LogP contribution < -0.4 is 5.73 Å². The Balaban J connectivity index is 2.57. The minimum absolute atomic E-state index is 0.0902. The highest BCUT2D eigenvalue weighted by atomic mass is 16.2. The van der Waals surface area contributed by atoms with Crippen molar-refractivity contribution in [3.63, 3.8) is 0 Å². The predicted molar refractivity (Wildman–Crippen MR) is 57.8 cm³/mol. The van der Waals surface area contributed by atoms with Crippen LogP contribution in [-0.4, -0.2) is 29.9 Å². The first kappa shape index (κ1) is 11.2. The van der Waals surface area contributed by atoms with E-state index in [1.54, 1.807) is 0 Å². The molecular formula is C11H20N2O. The average molecular weight is 196 g/mol. The van der Waals surface area contributed by atoms with Crippen LogP contribution in [-0.2, 0) is 4.79 Å². The molecule has 0 radical (unpaired) electrons. The fourth-order valence-corrected chi connectivity index (χ4v) is 1.60. The number of hydrogen-bond acceptors (Lipinski definition) is 2. The first-order valence-electron chi connectivity index (χ1n) is 5.22. The quantitative estimate of drug-likeness (QED) is 0.673. The normalized spacial score (nSPS) is 19.5. The molecule has 0 unspecified atom stereocenters. The van der Waals surface area contributed by atoms with Crippen LogP contribution in [0.3, 0.4) is 0 Å². The SMILES string of the molecule is CC1=CCCN(C(=O)[C@H](N)C(C)C)C1. The van der Waals surface area contributed by atoms with Gasteiger partial charge in [-0.05, 0) is 19.3 Å². The zero-order valence-corrected chi connectivity index (χ0v) is 9.29. The Kier molecular flexibility index (Phi) is 3.69. The Labute approximate surface area is 86.0 Å². The van der Waals surface area contributed by atoms with Crippen molar-refractivity contribution in [3.05, 3.63) is 11.6 Å². The highest BCUT2D eigenvalue weighted by Crippen LogP contribution is 2.11. The van der Waals surface area contributed by atoms with Gasteiger partial charge in [-0.25, -0.2) is 0 Å². The molecule has 1 atom stereocenters. The van der Waals surface area contributed by atoms with E-state index in [1.807, 2.05) is 18.7 Å². The Hall–Kier alpha value is -0.830. The summed E-state index contributed by atoms with van der Waals surface area (Å²) in [4.78, 5) is 13.7. The van der Waals surface area contributed by atoms with Gasteiger partial charge < -0.3 is 10.6 Å². The molecule has 0 bridgehead atoms. The molecule has 0 aliphatic carbocycles. The molecule has 14 heavy (non-hydrogen) atoms. The largest absolute Gasteiger partial charge is 0.337 e. The fraction of sp³-hybridized carbons (Fsp3) is 0.727. The number of carbonyl (C=O) groups is 1. The second kappa shape index (κ2) is 4.60. The minimum Gasteiger partial charge on any atom is -0.337 e. The van der Waals surface area contributed by atoms with Crippen LogP contribution in [0.2, 0.25) is 0 Å². The lowest BCUT2D eigenvalue weighted by Gasteiger charge is -2.29. The molecule has 0 aromatic rings. The second-order valence-electron chi connectivity index (χ2n) is 4.37. The standard InChI is InChI=1S/C11H20N2O/c1-8(2)10(12)11(14)13-6-4-5-9(3)7-13/h5,8,10H,4,6-7,12H2,1-3H3/t10-/m1/s1. The van der Waals surface area contributed by atoms with Crippen LogP contribution in [0.25, 0.3) is 0 Å². The van der Waals surface area contributed by atoms with E-state index in [9.17, 15) is 4.79 Å². The highest BCUT2D eigenvalue weighted by molar-refractivity contribution is 5.82. The van der Waals surface area contributed by atoms with Crippen molar-refractivity contribution in [2.75, 3.05) is 13.1 Å². The summed E-state index contributed by atoms with van der Waals surface area (Å²) in [6.45, 7) is 7.58. The van der Waals surface area contributed by atoms with Crippen LogP contribution in [0.1, 0.15) is 27.2 Å². The first-order chi connectivity index (χ1) is 6.52. The molecule has 3 nitrogen and oxygen atoms in total. The molecule has 1 amide bonds. The van der Waals surface area contributed by atoms with Crippen LogP contribution in [0.15, 0.2) is 11.6 Å². The number of amides is 1. The molecule has 0 saturated heterocycles. The van der Waals surface area contributed by atoms with E-state index in [0.29, 0.717) is 0 Å². The molecule has 0 fully saturated rings. The zero-order valence-electron chi connectivity index (χ0n) is 9.29. The molecule has 80 valence electrons. The zero-order chi connectivity index (χ0) is 10.7. The van der Waals surface area contributed by atoms with Crippen molar-refractivity contribution in [3.8, 4) is 0 Å². The van der Waals surface area contributed by atoms with Crippen molar-refractivity contribution < 1.29 is 4.79 Å². The van der Waals surface area contributed by atoms with Crippen LogP contribution in [0.5, 0.6) is 0 Å². The van der Waals surface area contributed by atoms with Gasteiger partial charge in [-0.1, -0.05) is 25.5 Å². The number of nitrogens with zero attached hydrogens (tertiary/aromatic N) is 1. The molecule has 1 aliphatic rings. The van der Waals surface area contributed by atoms with E-state index in [2.05, 4.69) is 13.0 Å². The summed E-state index contributed by atoms with van der Waals surface area (Å²) in [7, 11) is 0. The van der Waals surface area contributed by atoms with Gasteiger partial charge in [0, 0.05) is 13.1 Å². The molecule has 2 N–H and O–H groups in total. The van der Waals surface area contributed by atoms with Gasteiger partial charge in [0.05, 0.1) is 6.04 Å². The van der Waals surface area contributed by atoms with Gasteiger partial charge in [0.1, 0.15) is 0 Å². The van der Waals surface area contributed by atoms with Crippen molar-refractivity contribution in [1.82, 2.24) is 4.90 Å². The Morgan fingerprint density at radius 3 is 2.71 bits per heavy atom. The maximum absolute atomic E-state index is 11.9. The molecule has 0 aromatic heterocycles. The molecule has 0 saturated carbocycles. The maximum Gasteiger partial charge on any atom is 0.240 e. The molecular weight excluding hydrogens is 176 g/mol. The summed E-state index contributed by atoms with van der Waals surface area (Å²) in [6, 6.07) is -0.346. The second-order valence-corrected chi connectivity index (χ2v) is 4.37. The van der Waals surface area contributed by atoms with Gasteiger partial charge in [0.2, 0.25) is 5.91 Å². The third-order valence-corrected chi connectivity index (χ3v) is 2.65. The molecule has 0 spiro atoms. The van der Waals surface area contributed by atoms with Gasteiger partial charge in [-0.15, -0.1) is 0 Å². The predicted octanol–water partition coefficient (Wildman–Crippen LogP) is 1.15. The monoisotopic (exact) mass is 196 g/mol.